The zero-order chi connectivity index (χ0) is 37.5. The molecule has 4 heterocycles. The first-order valence-corrected chi connectivity index (χ1v) is 19.7. The molecule has 1 aromatic carbocycles. The van der Waals surface area contributed by atoms with Gasteiger partial charge in [-0.05, 0) is 70.1 Å². The number of rotatable bonds is 8. The largest absolute Gasteiger partial charge is 0.471 e. The molecule has 2 saturated carbocycles. The lowest BCUT2D eigenvalue weighted by Gasteiger charge is -2.29. The molecule has 3 fully saturated rings. The number of nitrogens with zero attached hydrogens (tertiary/aromatic N) is 4. The van der Waals surface area contributed by atoms with Crippen LogP contribution in [-0.2, 0) is 30.8 Å². The van der Waals surface area contributed by atoms with E-state index in [9.17, 15) is 32.0 Å². The minimum Gasteiger partial charge on any atom is -0.471 e. The maximum absolute atomic E-state index is 14.5. The van der Waals surface area contributed by atoms with Crippen molar-refractivity contribution in [2.75, 3.05) is 6.54 Å². The molecular formula is C36H43FN8O7S. The van der Waals surface area contributed by atoms with Gasteiger partial charge in [0.2, 0.25) is 27.7 Å². The van der Waals surface area contributed by atoms with E-state index in [4.69, 9.17) is 4.74 Å². The van der Waals surface area contributed by atoms with Gasteiger partial charge in [-0.15, -0.1) is 0 Å². The number of hydrogen-bond donors (Lipinski definition) is 4. The van der Waals surface area contributed by atoms with E-state index < -0.39 is 74.4 Å². The molecule has 15 nitrogen and oxygen atoms in total. The summed E-state index contributed by atoms with van der Waals surface area (Å²) < 4.78 is 48.3. The molecule has 4 amide bonds. The summed E-state index contributed by atoms with van der Waals surface area (Å²) in [6.45, 7) is 3.54. The van der Waals surface area contributed by atoms with Gasteiger partial charge in [-0.25, -0.2) is 22.8 Å². The standard InChI is InChI=1S/C36H43FN8O7S/c1-3-25-33(40-28-16-22(37)11-14-26(28)38-25)52-23-17-30-32(47)41-36(35(49)44-53(50,51)24-12-13-24)18-21(36)9-7-5-4-6-8-10-27(34(48)45(30)19-23)39-31(46)29-15-20(2)42-43-29/h7,9,11,14-16,21,23-24,27,30H,3-6,8,10,12-13,17-19H2,1-2H3,(H,39,46)(H,41,47)(H,42,43)(H,44,49)/b9-7-/t21-,23-,27+,30+,36-/m1/s1. The normalized spacial score (nSPS) is 27.1. The van der Waals surface area contributed by atoms with Gasteiger partial charge in [-0.2, -0.15) is 5.10 Å². The van der Waals surface area contributed by atoms with Gasteiger partial charge in [-0.3, -0.25) is 29.0 Å². The highest BCUT2D eigenvalue weighted by molar-refractivity contribution is 7.91. The van der Waals surface area contributed by atoms with Crippen LogP contribution >= 0.6 is 0 Å². The molecule has 53 heavy (non-hydrogen) atoms. The van der Waals surface area contributed by atoms with E-state index in [0.717, 1.165) is 12.8 Å². The number of benzene rings is 1. The van der Waals surface area contributed by atoms with Crippen molar-refractivity contribution in [1.82, 2.24) is 40.4 Å². The Morgan fingerprint density at radius 1 is 1.09 bits per heavy atom. The number of amides is 4. The highest BCUT2D eigenvalue weighted by atomic mass is 32.2. The number of sulfonamides is 1. The Bertz CT molecular complexity index is 2090. The van der Waals surface area contributed by atoms with Crippen molar-refractivity contribution in [3.05, 3.63) is 59.3 Å². The van der Waals surface area contributed by atoms with Gasteiger partial charge < -0.3 is 20.3 Å². The third-order valence-electron chi connectivity index (χ3n) is 10.4. The zero-order valence-corrected chi connectivity index (χ0v) is 30.4. The first-order valence-electron chi connectivity index (χ1n) is 18.2. The van der Waals surface area contributed by atoms with E-state index in [1.54, 1.807) is 13.0 Å². The number of carbonyl (C=O) groups excluding carboxylic acids is 4. The van der Waals surface area contributed by atoms with Crippen LogP contribution in [0.2, 0.25) is 0 Å². The number of halogens is 1. The molecule has 17 heteroatoms. The second-order valence-corrected chi connectivity index (χ2v) is 16.4. The van der Waals surface area contributed by atoms with E-state index in [1.807, 2.05) is 19.1 Å². The topological polar surface area (TPSA) is 205 Å². The van der Waals surface area contributed by atoms with Crippen molar-refractivity contribution in [1.29, 1.82) is 0 Å². The fourth-order valence-electron chi connectivity index (χ4n) is 7.14. The van der Waals surface area contributed by atoms with Crippen LogP contribution in [0.3, 0.4) is 0 Å². The number of nitrogens with one attached hydrogen (secondary N) is 4. The van der Waals surface area contributed by atoms with Crippen LogP contribution in [-0.4, -0.2) is 92.6 Å². The number of fused-ring (bicyclic) bond motifs is 3. The summed E-state index contributed by atoms with van der Waals surface area (Å²) in [5.74, 6) is -3.36. The predicted octanol–water partition coefficient (Wildman–Crippen LogP) is 2.51. The van der Waals surface area contributed by atoms with Crippen molar-refractivity contribution in [3.8, 4) is 5.88 Å². The van der Waals surface area contributed by atoms with Gasteiger partial charge in [0, 0.05) is 24.1 Å². The molecule has 0 unspecified atom stereocenters. The number of allylic oxidation sites excluding steroid dienone is 1. The Kier molecular flexibility index (Phi) is 9.95. The molecule has 4 N–H and O–H groups in total. The van der Waals surface area contributed by atoms with Crippen molar-refractivity contribution < 1.29 is 36.7 Å². The fraction of sp³-hybridized carbons (Fsp3) is 0.528. The molecule has 7 rings (SSSR count). The highest BCUT2D eigenvalue weighted by Crippen LogP contribution is 2.46. The molecule has 282 valence electrons. The molecule has 0 bridgehead atoms. The Balaban J connectivity index is 1.20. The van der Waals surface area contributed by atoms with Gasteiger partial charge in [0.1, 0.15) is 40.9 Å². The number of carbonyl (C=O) groups is 4. The third kappa shape index (κ3) is 7.75. The lowest BCUT2D eigenvalue weighted by atomic mass is 10.0. The molecule has 3 aromatic rings. The van der Waals surface area contributed by atoms with Gasteiger partial charge in [0.15, 0.2) is 0 Å². The summed E-state index contributed by atoms with van der Waals surface area (Å²) in [6.07, 6.45) is 7.62. The molecule has 2 aromatic heterocycles. The van der Waals surface area contributed by atoms with Crippen LogP contribution in [0.1, 0.15) is 86.6 Å². The fourth-order valence-corrected chi connectivity index (χ4v) is 8.51. The highest BCUT2D eigenvalue weighted by Gasteiger charge is 2.62. The average Bonchev–Trinajstić information content (AvgIpc) is 4.01. The van der Waals surface area contributed by atoms with Crippen LogP contribution in [0.15, 0.2) is 36.4 Å². The number of aromatic nitrogens is 4. The molecule has 5 atom stereocenters. The number of hydrogen-bond acceptors (Lipinski definition) is 10. The maximum atomic E-state index is 14.5. The monoisotopic (exact) mass is 750 g/mol. The molecule has 4 aliphatic rings. The summed E-state index contributed by atoms with van der Waals surface area (Å²) in [6, 6.07) is 3.45. The van der Waals surface area contributed by atoms with E-state index in [2.05, 4.69) is 35.5 Å². The third-order valence-corrected chi connectivity index (χ3v) is 12.2. The quantitative estimate of drug-likeness (QED) is 0.248. The Morgan fingerprint density at radius 3 is 2.64 bits per heavy atom. The number of H-pyrrole nitrogens is 1. The van der Waals surface area contributed by atoms with Crippen LogP contribution < -0.4 is 20.1 Å². The molecule has 1 saturated heterocycles. The Hall–Kier alpha value is -4.93. The van der Waals surface area contributed by atoms with Gasteiger partial charge in [-0.1, -0.05) is 31.9 Å². The zero-order valence-electron chi connectivity index (χ0n) is 29.6. The smallest absolute Gasteiger partial charge is 0.272 e. The van der Waals surface area contributed by atoms with Crippen LogP contribution in [0.5, 0.6) is 5.88 Å². The summed E-state index contributed by atoms with van der Waals surface area (Å²) in [5.41, 5.74) is 0.509. The maximum Gasteiger partial charge on any atom is 0.272 e. The van der Waals surface area contributed by atoms with E-state index in [0.29, 0.717) is 55.4 Å². The molecule has 0 radical (unpaired) electrons. The van der Waals surface area contributed by atoms with Gasteiger partial charge in [0.25, 0.3) is 11.8 Å². The summed E-state index contributed by atoms with van der Waals surface area (Å²) >= 11 is 0. The van der Waals surface area contributed by atoms with Crippen molar-refractivity contribution in [2.24, 2.45) is 5.92 Å². The molecular weight excluding hydrogens is 708 g/mol. The minimum atomic E-state index is -3.91. The number of aromatic amines is 1. The molecule has 2 aliphatic carbocycles. The second kappa shape index (κ2) is 14.5. The average molecular weight is 751 g/mol. The van der Waals surface area contributed by atoms with Gasteiger partial charge >= 0.3 is 0 Å². The van der Waals surface area contributed by atoms with Crippen LogP contribution in [0, 0.1) is 18.7 Å². The Labute approximate surface area is 306 Å². The summed E-state index contributed by atoms with van der Waals surface area (Å²) in [7, 11) is -3.91. The minimum absolute atomic E-state index is 0.0125. The first-order chi connectivity index (χ1) is 25.4. The number of aryl methyl sites for hydroxylation is 2. The molecule has 2 aliphatic heterocycles. The second-order valence-electron chi connectivity index (χ2n) is 14.4. The van der Waals surface area contributed by atoms with Crippen molar-refractivity contribution in [2.45, 2.75) is 107 Å². The predicted molar refractivity (Wildman–Crippen MR) is 189 cm³/mol. The SMILES string of the molecule is CCc1nc2ccc(F)cc2nc1O[C@@H]1C[C@H]2C(=O)N[C@]3(C(=O)NS(=O)(=O)C4CC4)C[C@H]3/C=C\CCCCC[C@H](NC(=O)c3cc(C)[nH]n3)C(=O)N2C1. The molecule has 0 spiro atoms. The lowest BCUT2D eigenvalue weighted by molar-refractivity contribution is -0.141. The van der Waals surface area contributed by atoms with E-state index >= 15 is 0 Å². The van der Waals surface area contributed by atoms with Crippen molar-refractivity contribution in [3.63, 3.8) is 0 Å². The van der Waals surface area contributed by atoms with E-state index in [1.165, 1.54) is 23.1 Å². The number of ether oxygens (including phenoxy) is 1. The van der Waals surface area contributed by atoms with Crippen molar-refractivity contribution >= 4 is 44.7 Å². The summed E-state index contributed by atoms with van der Waals surface area (Å²) in [5, 5.41) is 11.8. The lowest BCUT2D eigenvalue weighted by Crippen LogP contribution is -2.58. The Morgan fingerprint density at radius 2 is 1.91 bits per heavy atom. The van der Waals surface area contributed by atoms with Gasteiger partial charge in [0.05, 0.1) is 22.8 Å². The van der Waals surface area contributed by atoms with E-state index in [-0.39, 0.29) is 36.5 Å². The first kappa shape index (κ1) is 36.4. The van der Waals surface area contributed by atoms with Crippen LogP contribution in [0.25, 0.3) is 11.0 Å². The van der Waals surface area contributed by atoms with Crippen LogP contribution in [0.4, 0.5) is 4.39 Å². The summed E-state index contributed by atoms with van der Waals surface area (Å²) in [4.78, 5) is 66.3.